The maximum Gasteiger partial charge on any atom is 0.118 e. The minimum atomic E-state index is 0.741. The summed E-state index contributed by atoms with van der Waals surface area (Å²) >= 11 is 0. The summed E-state index contributed by atoms with van der Waals surface area (Å²) in [5, 5.41) is 7.18. The third-order valence-corrected chi connectivity index (χ3v) is 6.43. The van der Waals surface area contributed by atoms with Crippen LogP contribution in [0.4, 0.5) is 11.4 Å². The Bertz CT molecular complexity index is 1580. The highest BCUT2D eigenvalue weighted by Crippen LogP contribution is 2.48. The molecule has 6 aromatic rings. The summed E-state index contributed by atoms with van der Waals surface area (Å²) in [5.41, 5.74) is 18.8. The maximum atomic E-state index is 6.94. The van der Waals surface area contributed by atoms with Crippen LogP contribution in [0.3, 0.4) is 0 Å². The Labute approximate surface area is 186 Å². The number of hydrogen-bond acceptors (Lipinski definition) is 3. The van der Waals surface area contributed by atoms with Crippen molar-refractivity contribution in [1.82, 2.24) is 0 Å². The minimum Gasteiger partial charge on any atom is -0.497 e. The first-order valence-electron chi connectivity index (χ1n) is 10.6. The van der Waals surface area contributed by atoms with Gasteiger partial charge in [-0.1, -0.05) is 66.7 Å². The number of hydrogen-bond donors (Lipinski definition) is 2. The molecule has 154 valence electrons. The van der Waals surface area contributed by atoms with Crippen molar-refractivity contribution in [2.45, 2.75) is 0 Å². The molecule has 0 saturated carbocycles. The Morgan fingerprint density at radius 2 is 1.16 bits per heavy atom. The predicted molar refractivity (Wildman–Crippen MR) is 136 cm³/mol. The van der Waals surface area contributed by atoms with Crippen molar-refractivity contribution < 1.29 is 4.74 Å². The van der Waals surface area contributed by atoms with E-state index in [1.807, 2.05) is 24.3 Å². The Morgan fingerprint density at radius 3 is 1.81 bits per heavy atom. The zero-order valence-electron chi connectivity index (χ0n) is 17.7. The van der Waals surface area contributed by atoms with Gasteiger partial charge in [-0.15, -0.1) is 0 Å². The molecular weight excluding hydrogens is 392 g/mol. The molecule has 3 nitrogen and oxygen atoms in total. The first-order chi connectivity index (χ1) is 15.7. The van der Waals surface area contributed by atoms with Crippen molar-refractivity contribution in [3.63, 3.8) is 0 Å². The van der Waals surface area contributed by atoms with Gasteiger partial charge in [0.05, 0.1) is 7.11 Å². The third kappa shape index (κ3) is 2.61. The second-order valence-electron chi connectivity index (χ2n) is 8.19. The first-order valence-corrected chi connectivity index (χ1v) is 10.6. The standard InChI is InChI=1S/C29H22N2O/c1-32-22-13-7-20(8-14-22)27-26(19-5-11-21(30)12-6-19)23-15-9-17-3-2-4-18-10-16-24(29(27)31)28(23)25(17)18/h2-16H,30-31H2,1H3. The molecule has 32 heavy (non-hydrogen) atoms. The van der Waals surface area contributed by atoms with Gasteiger partial charge < -0.3 is 16.2 Å². The fourth-order valence-electron chi connectivity index (χ4n) is 4.93. The molecule has 0 amide bonds. The average Bonchev–Trinajstić information content (AvgIpc) is 2.84. The molecule has 0 aliphatic carbocycles. The smallest absolute Gasteiger partial charge is 0.118 e. The lowest BCUT2D eigenvalue weighted by Crippen LogP contribution is -1.99. The quantitative estimate of drug-likeness (QED) is 0.240. The molecule has 3 heteroatoms. The van der Waals surface area contributed by atoms with Crippen LogP contribution in [0.15, 0.2) is 91.0 Å². The van der Waals surface area contributed by atoms with Gasteiger partial charge in [0.1, 0.15) is 5.75 Å². The summed E-state index contributed by atoms with van der Waals surface area (Å²) in [6, 6.07) is 31.3. The van der Waals surface area contributed by atoms with E-state index in [-0.39, 0.29) is 0 Å². The maximum absolute atomic E-state index is 6.94. The number of ether oxygens (including phenoxy) is 1. The fraction of sp³-hybridized carbons (Fsp3) is 0.0345. The van der Waals surface area contributed by atoms with Crippen LogP contribution in [0.2, 0.25) is 0 Å². The van der Waals surface area contributed by atoms with Crippen molar-refractivity contribution in [3.05, 3.63) is 91.0 Å². The van der Waals surface area contributed by atoms with Gasteiger partial charge in [0, 0.05) is 27.7 Å². The topological polar surface area (TPSA) is 61.3 Å². The Hall–Kier alpha value is -4.24. The van der Waals surface area contributed by atoms with Crippen molar-refractivity contribution in [2.24, 2.45) is 0 Å². The van der Waals surface area contributed by atoms with Crippen LogP contribution in [0.1, 0.15) is 0 Å². The van der Waals surface area contributed by atoms with Gasteiger partial charge in [0.2, 0.25) is 0 Å². The summed E-state index contributed by atoms with van der Waals surface area (Å²) in [4.78, 5) is 0. The van der Waals surface area contributed by atoms with E-state index in [0.29, 0.717) is 0 Å². The third-order valence-electron chi connectivity index (χ3n) is 6.43. The highest BCUT2D eigenvalue weighted by atomic mass is 16.5. The number of benzene rings is 6. The highest BCUT2D eigenvalue weighted by molar-refractivity contribution is 6.30. The molecule has 0 heterocycles. The van der Waals surface area contributed by atoms with Gasteiger partial charge >= 0.3 is 0 Å². The lowest BCUT2D eigenvalue weighted by atomic mass is 9.83. The molecule has 0 radical (unpaired) electrons. The number of methoxy groups -OCH3 is 1. The highest BCUT2D eigenvalue weighted by Gasteiger charge is 2.21. The number of nitrogens with two attached hydrogens (primary N) is 2. The molecule has 0 spiro atoms. The van der Waals surface area contributed by atoms with E-state index in [2.05, 4.69) is 66.7 Å². The van der Waals surface area contributed by atoms with Gasteiger partial charge in [-0.05, 0) is 62.5 Å². The van der Waals surface area contributed by atoms with E-state index < -0.39 is 0 Å². The molecule has 0 fully saturated rings. The Morgan fingerprint density at radius 1 is 0.562 bits per heavy atom. The van der Waals surface area contributed by atoms with Gasteiger partial charge in [-0.25, -0.2) is 0 Å². The van der Waals surface area contributed by atoms with Crippen molar-refractivity contribution >= 4 is 43.7 Å². The molecule has 6 aromatic carbocycles. The zero-order chi connectivity index (χ0) is 21.8. The second kappa shape index (κ2) is 6.89. The first kappa shape index (κ1) is 18.5. The summed E-state index contributed by atoms with van der Waals surface area (Å²) in [6.45, 7) is 0. The normalized spacial score (nSPS) is 11.5. The molecule has 0 aromatic heterocycles. The fourth-order valence-corrected chi connectivity index (χ4v) is 4.93. The van der Waals surface area contributed by atoms with E-state index in [1.54, 1.807) is 7.11 Å². The van der Waals surface area contributed by atoms with Crippen LogP contribution in [-0.2, 0) is 0 Å². The molecule has 0 aliphatic heterocycles. The summed E-state index contributed by atoms with van der Waals surface area (Å²) < 4.78 is 5.38. The number of anilines is 2. The van der Waals surface area contributed by atoms with Crippen molar-refractivity contribution in [2.75, 3.05) is 18.6 Å². The van der Waals surface area contributed by atoms with Crippen molar-refractivity contribution in [1.29, 1.82) is 0 Å². The van der Waals surface area contributed by atoms with Gasteiger partial charge in [0.25, 0.3) is 0 Å². The van der Waals surface area contributed by atoms with Gasteiger partial charge in [0.15, 0.2) is 0 Å². The molecule has 0 saturated heterocycles. The predicted octanol–water partition coefficient (Wildman–Crippen LogP) is 7.09. The van der Waals surface area contributed by atoms with E-state index >= 15 is 0 Å². The monoisotopic (exact) mass is 414 g/mol. The summed E-state index contributed by atoms with van der Waals surface area (Å²) in [5.74, 6) is 0.819. The molecule has 4 N–H and O–H groups in total. The van der Waals surface area contributed by atoms with Crippen LogP contribution in [0, 0.1) is 0 Å². The lowest BCUT2D eigenvalue weighted by Gasteiger charge is -2.21. The van der Waals surface area contributed by atoms with E-state index in [9.17, 15) is 0 Å². The number of rotatable bonds is 3. The summed E-state index contributed by atoms with van der Waals surface area (Å²) in [7, 11) is 1.68. The van der Waals surface area contributed by atoms with Gasteiger partial charge in [-0.2, -0.15) is 0 Å². The van der Waals surface area contributed by atoms with Gasteiger partial charge in [-0.3, -0.25) is 0 Å². The zero-order valence-corrected chi connectivity index (χ0v) is 17.7. The average molecular weight is 415 g/mol. The van der Waals surface area contributed by atoms with E-state index in [1.165, 1.54) is 26.9 Å². The second-order valence-corrected chi connectivity index (χ2v) is 8.19. The van der Waals surface area contributed by atoms with Crippen molar-refractivity contribution in [3.8, 4) is 28.0 Å². The Balaban J connectivity index is 1.82. The van der Waals surface area contributed by atoms with Crippen LogP contribution >= 0.6 is 0 Å². The summed E-state index contributed by atoms with van der Waals surface area (Å²) in [6.07, 6.45) is 0. The molecule has 0 bridgehead atoms. The van der Waals surface area contributed by atoms with E-state index in [0.717, 1.165) is 44.8 Å². The Kier molecular flexibility index (Phi) is 3.99. The molecule has 0 atom stereocenters. The molecule has 0 unspecified atom stereocenters. The molecule has 0 aliphatic rings. The van der Waals surface area contributed by atoms with Crippen LogP contribution in [0.25, 0.3) is 54.6 Å². The van der Waals surface area contributed by atoms with Crippen LogP contribution in [-0.4, -0.2) is 7.11 Å². The largest absolute Gasteiger partial charge is 0.497 e. The molecule has 6 rings (SSSR count). The SMILES string of the molecule is COc1ccc(-c2c(N)c3ccc4cccc5ccc(c2-c2ccc(N)cc2)c3c45)cc1. The van der Waals surface area contributed by atoms with Crippen LogP contribution < -0.4 is 16.2 Å². The van der Waals surface area contributed by atoms with Crippen LogP contribution in [0.5, 0.6) is 5.75 Å². The van der Waals surface area contributed by atoms with E-state index in [4.69, 9.17) is 16.2 Å². The molecular formula is C29H22N2O. The lowest BCUT2D eigenvalue weighted by molar-refractivity contribution is 0.415. The number of nitrogen functional groups attached to an aromatic ring is 2. The minimum absolute atomic E-state index is 0.741.